The number of hydrogen-bond acceptors (Lipinski definition) is 6. The summed E-state index contributed by atoms with van der Waals surface area (Å²) in [5.74, 6) is -1.65. The molecule has 0 bridgehead atoms. The third kappa shape index (κ3) is 3.38. The maximum Gasteiger partial charge on any atom is 0.374 e. The molecule has 0 N–H and O–H groups in total. The van der Waals surface area contributed by atoms with Crippen LogP contribution < -0.4 is 0 Å². The van der Waals surface area contributed by atoms with Crippen molar-refractivity contribution >= 4 is 35.1 Å². The van der Waals surface area contributed by atoms with Gasteiger partial charge in [0.05, 0.1) is 25.7 Å². The molecule has 6 nitrogen and oxygen atoms in total. The molecule has 122 valence electrons. The minimum Gasteiger partial charge on any atom is -0.459 e. The highest BCUT2D eigenvalue weighted by atomic mass is 35.5. The summed E-state index contributed by atoms with van der Waals surface area (Å²) in [5.41, 5.74) is 0. The summed E-state index contributed by atoms with van der Waals surface area (Å²) in [5, 5.41) is 0. The van der Waals surface area contributed by atoms with Crippen LogP contribution in [0.2, 0.25) is 0 Å². The maximum absolute atomic E-state index is 11.7. The van der Waals surface area contributed by atoms with Crippen LogP contribution in [0.25, 0.3) is 0 Å². The average Bonchev–Trinajstić information content (AvgIpc) is 3.05. The summed E-state index contributed by atoms with van der Waals surface area (Å²) >= 11 is 12.3. The topological polar surface area (TPSA) is 78.9 Å². The van der Waals surface area contributed by atoms with Crippen molar-refractivity contribution < 1.29 is 27.9 Å². The summed E-state index contributed by atoms with van der Waals surface area (Å²) in [6.07, 6.45) is 2.75. The summed E-state index contributed by atoms with van der Waals surface area (Å²) < 4.78 is 18.9. The summed E-state index contributed by atoms with van der Waals surface area (Å²) in [4.78, 5) is 23.4. The molecule has 0 unspecified atom stereocenters. The minimum atomic E-state index is -1.10. The van der Waals surface area contributed by atoms with Crippen molar-refractivity contribution in [3.8, 4) is 0 Å². The van der Waals surface area contributed by atoms with Crippen molar-refractivity contribution in [2.75, 3.05) is 13.2 Å². The Kier molecular flexibility index (Phi) is 4.37. The molecule has 1 aliphatic carbocycles. The minimum absolute atomic E-state index is 0.00943. The molecule has 23 heavy (non-hydrogen) atoms. The van der Waals surface area contributed by atoms with Crippen LogP contribution >= 0.6 is 23.2 Å². The van der Waals surface area contributed by atoms with Crippen LogP contribution in [-0.4, -0.2) is 29.5 Å². The smallest absolute Gasteiger partial charge is 0.374 e. The van der Waals surface area contributed by atoms with E-state index >= 15 is 0 Å². The Morgan fingerprint density at radius 3 is 1.74 bits per heavy atom. The van der Waals surface area contributed by atoms with Crippen LogP contribution in [0.1, 0.15) is 21.1 Å². The van der Waals surface area contributed by atoms with E-state index in [9.17, 15) is 9.59 Å². The lowest BCUT2D eigenvalue weighted by molar-refractivity contribution is 0.0384. The zero-order valence-corrected chi connectivity index (χ0v) is 13.3. The van der Waals surface area contributed by atoms with E-state index in [-0.39, 0.29) is 36.6 Å². The van der Waals surface area contributed by atoms with Crippen molar-refractivity contribution in [2.45, 2.75) is 4.33 Å². The van der Waals surface area contributed by atoms with E-state index in [4.69, 9.17) is 41.5 Å². The van der Waals surface area contributed by atoms with Crippen molar-refractivity contribution in [1.82, 2.24) is 0 Å². The molecule has 3 rings (SSSR count). The highest BCUT2D eigenvalue weighted by Crippen LogP contribution is 2.59. The molecule has 2 aromatic heterocycles. The maximum atomic E-state index is 11.7. The number of halogens is 2. The molecule has 0 aliphatic heterocycles. The first kappa shape index (κ1) is 16.0. The second-order valence-corrected chi connectivity index (χ2v) is 6.48. The van der Waals surface area contributed by atoms with Gasteiger partial charge in [-0.1, -0.05) is 0 Å². The first-order valence-electron chi connectivity index (χ1n) is 6.79. The number of hydrogen-bond donors (Lipinski definition) is 0. The molecule has 0 amide bonds. The van der Waals surface area contributed by atoms with E-state index in [0.29, 0.717) is 0 Å². The predicted molar refractivity (Wildman–Crippen MR) is 79.4 cm³/mol. The molecule has 1 fully saturated rings. The zero-order valence-electron chi connectivity index (χ0n) is 11.7. The number of esters is 2. The highest BCUT2D eigenvalue weighted by Gasteiger charge is 2.64. The lowest BCUT2D eigenvalue weighted by atomic mass is 10.3. The van der Waals surface area contributed by atoms with Gasteiger partial charge in [-0.05, 0) is 24.3 Å². The second kappa shape index (κ2) is 6.29. The number of furan rings is 2. The fourth-order valence-electron chi connectivity index (χ4n) is 2.18. The molecule has 0 radical (unpaired) electrons. The average molecular weight is 359 g/mol. The Morgan fingerprint density at radius 1 is 0.957 bits per heavy atom. The van der Waals surface area contributed by atoms with E-state index in [1.165, 1.54) is 24.7 Å². The zero-order chi connectivity index (χ0) is 16.4. The van der Waals surface area contributed by atoms with Crippen molar-refractivity contribution in [1.29, 1.82) is 0 Å². The van der Waals surface area contributed by atoms with Gasteiger partial charge in [0.1, 0.15) is 4.33 Å². The van der Waals surface area contributed by atoms with E-state index < -0.39 is 16.3 Å². The molecule has 0 saturated heterocycles. The summed E-state index contributed by atoms with van der Waals surface area (Å²) in [6.45, 7) is 0.0189. The Bertz CT molecular complexity index is 619. The SMILES string of the molecule is O=C(OC[C@@H]1[C@H](COC(=O)c2ccco2)C1(Cl)Cl)c1ccco1. The first-order chi connectivity index (χ1) is 11.0. The van der Waals surface area contributed by atoms with Gasteiger partial charge in [-0.15, -0.1) is 23.2 Å². The fraction of sp³-hybridized carbons (Fsp3) is 0.333. The molecular weight excluding hydrogens is 347 g/mol. The molecule has 1 saturated carbocycles. The van der Waals surface area contributed by atoms with E-state index in [1.807, 2.05) is 0 Å². The van der Waals surface area contributed by atoms with Crippen LogP contribution in [-0.2, 0) is 9.47 Å². The number of carbonyl (C=O) groups excluding carboxylic acids is 2. The van der Waals surface area contributed by atoms with Crippen molar-refractivity contribution in [2.24, 2.45) is 11.8 Å². The van der Waals surface area contributed by atoms with Crippen molar-refractivity contribution in [3.63, 3.8) is 0 Å². The first-order valence-corrected chi connectivity index (χ1v) is 7.55. The van der Waals surface area contributed by atoms with Crippen LogP contribution in [0.3, 0.4) is 0 Å². The normalized spacial score (nSPS) is 21.7. The molecule has 8 heteroatoms. The van der Waals surface area contributed by atoms with Crippen LogP contribution in [0.15, 0.2) is 45.6 Å². The van der Waals surface area contributed by atoms with E-state index in [1.54, 1.807) is 12.1 Å². The van der Waals surface area contributed by atoms with Gasteiger partial charge in [-0.25, -0.2) is 9.59 Å². The van der Waals surface area contributed by atoms with Gasteiger partial charge < -0.3 is 18.3 Å². The molecule has 2 heterocycles. The van der Waals surface area contributed by atoms with Gasteiger partial charge in [-0.3, -0.25) is 0 Å². The number of alkyl halides is 2. The molecule has 0 spiro atoms. The van der Waals surface area contributed by atoms with Crippen molar-refractivity contribution in [3.05, 3.63) is 48.3 Å². The van der Waals surface area contributed by atoms with Crippen LogP contribution in [0.5, 0.6) is 0 Å². The second-order valence-electron chi connectivity index (χ2n) is 5.04. The van der Waals surface area contributed by atoms with Gasteiger partial charge in [0, 0.05) is 11.8 Å². The lowest BCUT2D eigenvalue weighted by Gasteiger charge is -2.03. The number of rotatable bonds is 6. The Balaban J connectivity index is 1.47. The van der Waals surface area contributed by atoms with Gasteiger partial charge in [-0.2, -0.15) is 0 Å². The van der Waals surface area contributed by atoms with Gasteiger partial charge in [0.25, 0.3) is 0 Å². The monoisotopic (exact) mass is 358 g/mol. The number of ether oxygens (including phenoxy) is 2. The standard InChI is InChI=1S/C15H12Cl2O6/c16-15(17)9(7-22-13(18)11-3-1-5-20-11)10(15)8-23-14(19)12-4-2-6-21-12/h1-6,9-10H,7-8H2/t9-,10+. The van der Waals surface area contributed by atoms with Gasteiger partial charge in [0.2, 0.25) is 11.5 Å². The summed E-state index contributed by atoms with van der Waals surface area (Å²) in [7, 11) is 0. The molecule has 2 atom stereocenters. The lowest BCUT2D eigenvalue weighted by Crippen LogP contribution is -2.10. The Hall–Kier alpha value is -1.92. The summed E-state index contributed by atoms with van der Waals surface area (Å²) in [6, 6.07) is 6.15. The molecule has 0 aromatic carbocycles. The Labute approximate surface area is 141 Å². The van der Waals surface area contributed by atoms with Crippen LogP contribution in [0, 0.1) is 11.8 Å². The van der Waals surface area contributed by atoms with E-state index in [0.717, 1.165) is 0 Å². The Morgan fingerprint density at radius 2 is 1.39 bits per heavy atom. The third-order valence-corrected chi connectivity index (χ3v) is 4.72. The highest BCUT2D eigenvalue weighted by molar-refractivity contribution is 6.51. The van der Waals surface area contributed by atoms with E-state index in [2.05, 4.69) is 0 Å². The fourth-order valence-corrected chi connectivity index (χ4v) is 2.91. The third-order valence-electron chi connectivity index (χ3n) is 3.60. The van der Waals surface area contributed by atoms with Gasteiger partial charge in [0.15, 0.2) is 0 Å². The van der Waals surface area contributed by atoms with Crippen LogP contribution in [0.4, 0.5) is 0 Å². The van der Waals surface area contributed by atoms with Gasteiger partial charge >= 0.3 is 11.9 Å². The molecule has 2 aromatic rings. The number of carbonyl (C=O) groups is 2. The quantitative estimate of drug-likeness (QED) is 0.582. The molecule has 1 aliphatic rings. The molecular formula is C15H12Cl2O6. The largest absolute Gasteiger partial charge is 0.459 e. The predicted octanol–water partition coefficient (Wildman–Crippen LogP) is 3.31.